The van der Waals surface area contributed by atoms with Gasteiger partial charge in [-0.1, -0.05) is 0 Å². The van der Waals surface area contributed by atoms with Gasteiger partial charge in [0.05, 0.1) is 5.56 Å². The van der Waals surface area contributed by atoms with Crippen LogP contribution in [0.4, 0.5) is 5.00 Å². The van der Waals surface area contributed by atoms with Crippen LogP contribution in [0.1, 0.15) is 39.2 Å². The molecule has 5 nitrogen and oxygen atoms in total. The minimum atomic E-state index is -0.234. The summed E-state index contributed by atoms with van der Waals surface area (Å²) < 4.78 is 11.0. The Hall–Kier alpha value is -2.52. The molecule has 0 radical (unpaired) electrons. The van der Waals surface area contributed by atoms with E-state index in [-0.39, 0.29) is 5.91 Å². The van der Waals surface area contributed by atoms with E-state index in [0.29, 0.717) is 40.8 Å². The first-order chi connectivity index (χ1) is 11.8. The quantitative estimate of drug-likeness (QED) is 0.908. The number of fused-ring (bicyclic) bond motifs is 2. The predicted molar refractivity (Wildman–Crippen MR) is 91.1 cm³/mol. The number of anilines is 1. The van der Waals surface area contributed by atoms with Crippen molar-refractivity contribution < 1.29 is 14.3 Å². The molecule has 0 saturated heterocycles. The Bertz CT molecular complexity index is 851. The van der Waals surface area contributed by atoms with E-state index in [4.69, 9.17) is 9.47 Å². The molecule has 0 atom stereocenters. The summed E-state index contributed by atoms with van der Waals surface area (Å²) in [6, 6.07) is 7.40. The highest BCUT2D eigenvalue weighted by Crippen LogP contribution is 2.38. The van der Waals surface area contributed by atoms with E-state index in [9.17, 15) is 10.1 Å². The standard InChI is InChI=1S/C18H16N2O3S/c19-10-13-12-3-1-2-4-16(12)24-18(13)20-17(21)11-5-6-14-15(9-11)23-8-7-22-14/h5-6,9H,1-4,7-8H2,(H,20,21). The Balaban J connectivity index is 1.61. The molecular weight excluding hydrogens is 324 g/mol. The zero-order valence-corrected chi connectivity index (χ0v) is 13.9. The van der Waals surface area contributed by atoms with E-state index in [1.807, 2.05) is 0 Å². The Kier molecular flexibility index (Phi) is 3.87. The second-order valence-corrected chi connectivity index (χ2v) is 6.94. The summed E-state index contributed by atoms with van der Waals surface area (Å²) in [5.74, 6) is 1.00. The predicted octanol–water partition coefficient (Wildman–Crippen LogP) is 3.52. The third-order valence-corrected chi connectivity index (χ3v) is 5.52. The Morgan fingerprint density at radius 3 is 2.79 bits per heavy atom. The van der Waals surface area contributed by atoms with Gasteiger partial charge in [0.15, 0.2) is 11.5 Å². The normalized spacial score (nSPS) is 15.3. The molecule has 0 fully saturated rings. The summed E-state index contributed by atoms with van der Waals surface area (Å²) in [5, 5.41) is 13.0. The zero-order valence-electron chi connectivity index (χ0n) is 13.1. The molecule has 1 amide bonds. The molecule has 1 aliphatic carbocycles. The summed E-state index contributed by atoms with van der Waals surface area (Å²) in [4.78, 5) is 13.8. The van der Waals surface area contributed by atoms with Gasteiger partial charge in [-0.3, -0.25) is 4.79 Å². The van der Waals surface area contributed by atoms with Gasteiger partial charge in [0.2, 0.25) is 0 Å². The lowest BCUT2D eigenvalue weighted by Gasteiger charge is -2.18. The smallest absolute Gasteiger partial charge is 0.256 e. The molecule has 24 heavy (non-hydrogen) atoms. The Labute approximate surface area is 143 Å². The van der Waals surface area contributed by atoms with Crippen LogP contribution >= 0.6 is 11.3 Å². The molecule has 0 saturated carbocycles. The van der Waals surface area contributed by atoms with Gasteiger partial charge < -0.3 is 14.8 Å². The van der Waals surface area contributed by atoms with Crippen molar-refractivity contribution in [3.05, 3.63) is 39.8 Å². The van der Waals surface area contributed by atoms with Crippen LogP contribution < -0.4 is 14.8 Å². The average Bonchev–Trinajstić information content (AvgIpc) is 2.98. The first-order valence-electron chi connectivity index (χ1n) is 8.02. The number of nitrogens with zero attached hydrogens (tertiary/aromatic N) is 1. The van der Waals surface area contributed by atoms with E-state index < -0.39 is 0 Å². The van der Waals surface area contributed by atoms with Crippen LogP contribution in [-0.2, 0) is 12.8 Å². The van der Waals surface area contributed by atoms with E-state index in [0.717, 1.165) is 31.2 Å². The first kappa shape index (κ1) is 15.0. The highest BCUT2D eigenvalue weighted by Gasteiger charge is 2.22. The zero-order chi connectivity index (χ0) is 16.5. The minimum absolute atomic E-state index is 0.234. The second kappa shape index (κ2) is 6.17. The number of carbonyl (C=O) groups is 1. The van der Waals surface area contributed by atoms with Crippen LogP contribution in [0.25, 0.3) is 0 Å². The van der Waals surface area contributed by atoms with Gasteiger partial charge in [-0.25, -0.2) is 0 Å². The molecule has 6 heteroatoms. The van der Waals surface area contributed by atoms with Crippen molar-refractivity contribution in [2.24, 2.45) is 0 Å². The number of amides is 1. The monoisotopic (exact) mass is 340 g/mol. The van der Waals surface area contributed by atoms with E-state index in [2.05, 4.69) is 11.4 Å². The van der Waals surface area contributed by atoms with Gasteiger partial charge in [0.1, 0.15) is 24.3 Å². The van der Waals surface area contributed by atoms with Gasteiger partial charge in [-0.15, -0.1) is 11.3 Å². The molecule has 1 aromatic carbocycles. The number of nitriles is 1. The van der Waals surface area contributed by atoms with Crippen LogP contribution in [0.3, 0.4) is 0 Å². The highest BCUT2D eigenvalue weighted by atomic mass is 32.1. The third kappa shape index (κ3) is 2.61. The number of carbonyl (C=O) groups excluding carboxylic acids is 1. The van der Waals surface area contributed by atoms with E-state index >= 15 is 0 Å². The Morgan fingerprint density at radius 1 is 1.17 bits per heavy atom. The molecule has 2 aliphatic rings. The van der Waals surface area contributed by atoms with Crippen LogP contribution in [0.5, 0.6) is 11.5 Å². The molecule has 2 heterocycles. The number of nitrogens with one attached hydrogen (secondary N) is 1. The Morgan fingerprint density at radius 2 is 1.96 bits per heavy atom. The molecule has 0 spiro atoms. The molecule has 1 aliphatic heterocycles. The lowest BCUT2D eigenvalue weighted by molar-refractivity contribution is 0.102. The lowest BCUT2D eigenvalue weighted by atomic mass is 9.96. The van der Waals surface area contributed by atoms with Crippen LogP contribution in [-0.4, -0.2) is 19.1 Å². The van der Waals surface area contributed by atoms with Crippen molar-refractivity contribution in [2.75, 3.05) is 18.5 Å². The minimum Gasteiger partial charge on any atom is -0.486 e. The summed E-state index contributed by atoms with van der Waals surface area (Å²) in [5.41, 5.74) is 2.24. The number of thiophene rings is 1. The van der Waals surface area contributed by atoms with Crippen molar-refractivity contribution >= 4 is 22.2 Å². The molecule has 1 N–H and O–H groups in total. The van der Waals surface area contributed by atoms with Crippen LogP contribution in [0.15, 0.2) is 18.2 Å². The van der Waals surface area contributed by atoms with Gasteiger partial charge in [-0.2, -0.15) is 5.26 Å². The topological polar surface area (TPSA) is 71.4 Å². The number of aryl methyl sites for hydroxylation is 1. The number of rotatable bonds is 2. The molecule has 122 valence electrons. The largest absolute Gasteiger partial charge is 0.486 e. The summed E-state index contributed by atoms with van der Waals surface area (Å²) in [6.45, 7) is 0.999. The molecule has 2 aromatic rings. The summed E-state index contributed by atoms with van der Waals surface area (Å²) >= 11 is 1.53. The van der Waals surface area contributed by atoms with E-state index in [1.165, 1.54) is 16.2 Å². The maximum absolute atomic E-state index is 12.6. The maximum atomic E-state index is 12.6. The van der Waals surface area contributed by atoms with Gasteiger partial charge in [-0.05, 0) is 49.4 Å². The fourth-order valence-corrected chi connectivity index (χ4v) is 4.37. The van der Waals surface area contributed by atoms with Gasteiger partial charge in [0, 0.05) is 10.4 Å². The number of hydrogen-bond donors (Lipinski definition) is 1. The number of hydrogen-bond acceptors (Lipinski definition) is 5. The van der Waals surface area contributed by atoms with E-state index in [1.54, 1.807) is 18.2 Å². The maximum Gasteiger partial charge on any atom is 0.256 e. The molecule has 4 rings (SSSR count). The summed E-state index contributed by atoms with van der Waals surface area (Å²) in [7, 11) is 0. The fraction of sp³-hybridized carbons (Fsp3) is 0.333. The van der Waals surface area contributed by atoms with Crippen molar-refractivity contribution in [1.29, 1.82) is 5.26 Å². The molecule has 0 bridgehead atoms. The first-order valence-corrected chi connectivity index (χ1v) is 8.83. The molecule has 0 unspecified atom stereocenters. The fourth-order valence-electron chi connectivity index (χ4n) is 3.13. The molecule has 1 aromatic heterocycles. The number of benzene rings is 1. The third-order valence-electron chi connectivity index (χ3n) is 4.31. The van der Waals surface area contributed by atoms with Crippen molar-refractivity contribution in [1.82, 2.24) is 0 Å². The highest BCUT2D eigenvalue weighted by molar-refractivity contribution is 7.16. The van der Waals surface area contributed by atoms with Crippen molar-refractivity contribution in [2.45, 2.75) is 25.7 Å². The SMILES string of the molecule is N#Cc1c(NC(=O)c2ccc3c(c2)OCCO3)sc2c1CCCC2. The number of ether oxygens (including phenoxy) is 2. The van der Waals surface area contributed by atoms with Gasteiger partial charge in [0.25, 0.3) is 5.91 Å². The van der Waals surface area contributed by atoms with Gasteiger partial charge >= 0.3 is 0 Å². The van der Waals surface area contributed by atoms with Crippen LogP contribution in [0.2, 0.25) is 0 Å². The van der Waals surface area contributed by atoms with Crippen molar-refractivity contribution in [3.8, 4) is 17.6 Å². The van der Waals surface area contributed by atoms with Crippen molar-refractivity contribution in [3.63, 3.8) is 0 Å². The van der Waals surface area contributed by atoms with Crippen LogP contribution in [0, 0.1) is 11.3 Å². The average molecular weight is 340 g/mol. The lowest BCUT2D eigenvalue weighted by Crippen LogP contribution is -2.17. The molecular formula is C18H16N2O3S. The second-order valence-electron chi connectivity index (χ2n) is 5.84. The summed E-state index contributed by atoms with van der Waals surface area (Å²) in [6.07, 6.45) is 4.17.